The molecule has 148 valence electrons. The molecule has 0 saturated carbocycles. The fraction of sp³-hybridized carbons (Fsp3) is 0.391. The monoisotopic (exact) mass is 380 g/mol. The number of ether oxygens (including phenoxy) is 1. The number of hydrogen-bond donors (Lipinski definition) is 1. The van der Waals surface area contributed by atoms with Crippen LogP contribution >= 0.6 is 0 Å². The summed E-state index contributed by atoms with van der Waals surface area (Å²) in [7, 11) is 1.52. The molecule has 1 aliphatic rings. The van der Waals surface area contributed by atoms with Gasteiger partial charge in [0.25, 0.3) is 11.8 Å². The van der Waals surface area contributed by atoms with Gasteiger partial charge < -0.3 is 15.0 Å². The Balaban J connectivity index is 1.73. The highest BCUT2D eigenvalue weighted by Gasteiger charge is 2.25. The van der Waals surface area contributed by atoms with Crippen LogP contribution in [-0.2, 0) is 9.53 Å². The van der Waals surface area contributed by atoms with Crippen LogP contribution in [-0.4, -0.2) is 36.4 Å². The predicted molar refractivity (Wildman–Crippen MR) is 110 cm³/mol. The van der Waals surface area contributed by atoms with Gasteiger partial charge in [0.2, 0.25) is 0 Å². The summed E-state index contributed by atoms with van der Waals surface area (Å²) in [5, 5.41) is 2.93. The Morgan fingerprint density at radius 1 is 1.14 bits per heavy atom. The Bertz CT molecular complexity index is 835. The number of aryl methyl sites for hydroxylation is 1. The van der Waals surface area contributed by atoms with Gasteiger partial charge in [0, 0.05) is 30.9 Å². The molecule has 2 atom stereocenters. The van der Waals surface area contributed by atoms with Gasteiger partial charge in [-0.2, -0.15) is 0 Å². The third-order valence-corrected chi connectivity index (χ3v) is 5.37. The van der Waals surface area contributed by atoms with E-state index in [2.05, 4.69) is 12.2 Å². The number of methoxy groups -OCH3 is 1. The van der Waals surface area contributed by atoms with E-state index in [4.69, 9.17) is 4.74 Å². The van der Waals surface area contributed by atoms with E-state index < -0.39 is 6.10 Å². The van der Waals surface area contributed by atoms with E-state index in [0.717, 1.165) is 30.5 Å². The molecule has 1 fully saturated rings. The number of piperidine rings is 1. The minimum absolute atomic E-state index is 0.0623. The molecule has 0 bridgehead atoms. The topological polar surface area (TPSA) is 58.6 Å². The van der Waals surface area contributed by atoms with Crippen molar-refractivity contribution in [2.24, 2.45) is 0 Å². The number of nitrogens with one attached hydrogen (secondary N) is 1. The number of carbonyl (C=O) groups is 2. The predicted octanol–water partition coefficient (Wildman–Crippen LogP) is 4.34. The Morgan fingerprint density at radius 2 is 1.89 bits per heavy atom. The van der Waals surface area contributed by atoms with Crippen molar-refractivity contribution in [2.75, 3.05) is 19.0 Å². The van der Waals surface area contributed by atoms with Crippen molar-refractivity contribution in [1.82, 2.24) is 4.90 Å². The second kappa shape index (κ2) is 9.02. The highest BCUT2D eigenvalue weighted by atomic mass is 16.5. The first kappa shape index (κ1) is 20.1. The zero-order valence-corrected chi connectivity index (χ0v) is 16.8. The van der Waals surface area contributed by atoms with Gasteiger partial charge in [-0.15, -0.1) is 0 Å². The Kier molecular flexibility index (Phi) is 6.47. The minimum atomic E-state index is -0.684. The number of nitrogens with zero attached hydrogens (tertiary/aromatic N) is 1. The van der Waals surface area contributed by atoms with Gasteiger partial charge in [-0.05, 0) is 62.4 Å². The molecule has 2 unspecified atom stereocenters. The average Bonchev–Trinajstić information content (AvgIpc) is 2.71. The average molecular weight is 380 g/mol. The molecule has 1 aliphatic heterocycles. The van der Waals surface area contributed by atoms with E-state index in [0.29, 0.717) is 11.3 Å². The zero-order chi connectivity index (χ0) is 20.1. The maximum Gasteiger partial charge on any atom is 0.258 e. The van der Waals surface area contributed by atoms with Gasteiger partial charge in [-0.3, -0.25) is 9.59 Å². The molecule has 0 aromatic heterocycles. The minimum Gasteiger partial charge on any atom is -0.367 e. The van der Waals surface area contributed by atoms with Crippen LogP contribution in [0.4, 0.5) is 5.69 Å². The summed E-state index contributed by atoms with van der Waals surface area (Å²) in [5.41, 5.74) is 3.00. The molecule has 1 heterocycles. The fourth-order valence-electron chi connectivity index (χ4n) is 3.72. The Labute approximate surface area is 166 Å². The van der Waals surface area contributed by atoms with Crippen LogP contribution in [0.1, 0.15) is 53.8 Å². The first-order valence-electron chi connectivity index (χ1n) is 9.81. The van der Waals surface area contributed by atoms with Crippen molar-refractivity contribution in [3.05, 3.63) is 65.2 Å². The summed E-state index contributed by atoms with van der Waals surface area (Å²) >= 11 is 0. The molecule has 28 heavy (non-hydrogen) atoms. The summed E-state index contributed by atoms with van der Waals surface area (Å²) < 4.78 is 5.39. The highest BCUT2D eigenvalue weighted by Crippen LogP contribution is 2.24. The van der Waals surface area contributed by atoms with Crippen molar-refractivity contribution < 1.29 is 14.3 Å². The first-order valence-corrected chi connectivity index (χ1v) is 9.81. The van der Waals surface area contributed by atoms with Gasteiger partial charge in [0.1, 0.15) is 0 Å². The lowest BCUT2D eigenvalue weighted by Crippen LogP contribution is -2.42. The molecular formula is C23H28N2O3. The molecule has 2 amide bonds. The van der Waals surface area contributed by atoms with E-state index >= 15 is 0 Å². The summed E-state index contributed by atoms with van der Waals surface area (Å²) in [6, 6.07) is 15.1. The van der Waals surface area contributed by atoms with Crippen molar-refractivity contribution in [3.8, 4) is 0 Å². The number of benzene rings is 2. The van der Waals surface area contributed by atoms with Gasteiger partial charge in [0.05, 0.1) is 0 Å². The fourth-order valence-corrected chi connectivity index (χ4v) is 3.72. The number of anilines is 1. The SMILES string of the molecule is COC(C(=O)Nc1ccc(C(=O)N2CCCCC2C)cc1C)c1ccccc1. The second-order valence-electron chi connectivity index (χ2n) is 7.39. The first-order chi connectivity index (χ1) is 13.5. The smallest absolute Gasteiger partial charge is 0.258 e. The molecule has 2 aromatic rings. The maximum absolute atomic E-state index is 12.9. The molecule has 0 spiro atoms. The lowest BCUT2D eigenvalue weighted by Gasteiger charge is -2.33. The van der Waals surface area contributed by atoms with E-state index in [-0.39, 0.29) is 17.9 Å². The molecule has 5 nitrogen and oxygen atoms in total. The molecule has 0 aliphatic carbocycles. The number of hydrogen-bond acceptors (Lipinski definition) is 3. The van der Waals surface area contributed by atoms with E-state index in [1.54, 1.807) is 12.1 Å². The third kappa shape index (κ3) is 4.42. The van der Waals surface area contributed by atoms with E-state index in [1.807, 2.05) is 48.2 Å². The van der Waals surface area contributed by atoms with Crippen LogP contribution < -0.4 is 5.32 Å². The standard InChI is InChI=1S/C23H28N2O3/c1-16-15-19(23(27)25-14-8-7-9-17(25)2)12-13-20(16)24-22(26)21(28-3)18-10-5-4-6-11-18/h4-6,10-13,15,17,21H,7-9,14H2,1-3H3,(H,24,26). The highest BCUT2D eigenvalue weighted by molar-refractivity contribution is 5.98. The van der Waals surface area contributed by atoms with Crippen LogP contribution in [0.2, 0.25) is 0 Å². The van der Waals surface area contributed by atoms with Gasteiger partial charge >= 0.3 is 0 Å². The van der Waals surface area contributed by atoms with Crippen LogP contribution in [0.25, 0.3) is 0 Å². The van der Waals surface area contributed by atoms with Crippen LogP contribution in [0.15, 0.2) is 48.5 Å². The summed E-state index contributed by atoms with van der Waals surface area (Å²) in [6.45, 7) is 4.81. The maximum atomic E-state index is 12.9. The summed E-state index contributed by atoms with van der Waals surface area (Å²) in [4.78, 5) is 27.5. The normalized spacial score (nSPS) is 17.8. The lowest BCUT2D eigenvalue weighted by molar-refractivity contribution is -0.126. The summed E-state index contributed by atoms with van der Waals surface area (Å²) in [6.07, 6.45) is 2.60. The molecule has 1 N–H and O–H groups in total. The Morgan fingerprint density at radius 3 is 2.54 bits per heavy atom. The third-order valence-electron chi connectivity index (χ3n) is 5.37. The van der Waals surface area contributed by atoms with Crippen LogP contribution in [0, 0.1) is 6.92 Å². The molecule has 0 radical (unpaired) electrons. The van der Waals surface area contributed by atoms with E-state index in [1.165, 1.54) is 13.5 Å². The molecule has 1 saturated heterocycles. The van der Waals surface area contributed by atoms with Crippen LogP contribution in [0.3, 0.4) is 0 Å². The molecular weight excluding hydrogens is 352 g/mol. The number of carbonyl (C=O) groups excluding carboxylic acids is 2. The van der Waals surface area contributed by atoms with Crippen molar-refractivity contribution in [3.63, 3.8) is 0 Å². The van der Waals surface area contributed by atoms with Gasteiger partial charge in [-0.1, -0.05) is 30.3 Å². The molecule has 3 rings (SSSR count). The quantitative estimate of drug-likeness (QED) is 0.840. The van der Waals surface area contributed by atoms with Gasteiger partial charge in [-0.25, -0.2) is 0 Å². The second-order valence-corrected chi connectivity index (χ2v) is 7.39. The van der Waals surface area contributed by atoms with Crippen molar-refractivity contribution in [1.29, 1.82) is 0 Å². The van der Waals surface area contributed by atoms with Gasteiger partial charge in [0.15, 0.2) is 6.10 Å². The number of amides is 2. The van der Waals surface area contributed by atoms with Crippen LogP contribution in [0.5, 0.6) is 0 Å². The Hall–Kier alpha value is -2.66. The largest absolute Gasteiger partial charge is 0.367 e. The van der Waals surface area contributed by atoms with Crippen molar-refractivity contribution in [2.45, 2.75) is 45.3 Å². The summed E-state index contributed by atoms with van der Waals surface area (Å²) in [5.74, 6) is -0.173. The molecule has 5 heteroatoms. The van der Waals surface area contributed by atoms with Crippen molar-refractivity contribution >= 4 is 17.5 Å². The number of likely N-dealkylation sites (tertiary alicyclic amines) is 1. The zero-order valence-electron chi connectivity index (χ0n) is 16.8. The number of rotatable bonds is 5. The van der Waals surface area contributed by atoms with E-state index in [9.17, 15) is 9.59 Å². The lowest BCUT2D eigenvalue weighted by atomic mass is 10.0. The molecule has 2 aromatic carbocycles.